The highest BCUT2D eigenvalue weighted by Gasteiger charge is 2.15. The summed E-state index contributed by atoms with van der Waals surface area (Å²) in [5.41, 5.74) is -0.282. The average Bonchev–Trinajstić information content (AvgIpc) is 2.75. The van der Waals surface area contributed by atoms with Gasteiger partial charge in [0.1, 0.15) is 6.54 Å². The van der Waals surface area contributed by atoms with Gasteiger partial charge in [0.05, 0.1) is 11.5 Å². The summed E-state index contributed by atoms with van der Waals surface area (Å²) in [5, 5.41) is 28.9. The van der Waals surface area contributed by atoms with Crippen LogP contribution in [-0.2, 0) is 11.3 Å². The summed E-state index contributed by atoms with van der Waals surface area (Å²) in [7, 11) is 0. The number of carboxylic acid groups (broad SMARTS) is 1. The normalized spacial score (nSPS) is 11.2. The van der Waals surface area contributed by atoms with Crippen molar-refractivity contribution in [2.24, 2.45) is 5.41 Å². The Morgan fingerprint density at radius 1 is 1.53 bits per heavy atom. The van der Waals surface area contributed by atoms with Crippen molar-refractivity contribution < 1.29 is 9.90 Å². The summed E-state index contributed by atoms with van der Waals surface area (Å²) < 4.78 is 1.27. The van der Waals surface area contributed by atoms with Crippen molar-refractivity contribution in [1.82, 2.24) is 20.2 Å². The molecule has 0 bridgehead atoms. The maximum atomic E-state index is 10.6. The number of unbranched alkanes of at least 4 members (excludes halogenated alkanes) is 1. The van der Waals surface area contributed by atoms with Crippen LogP contribution in [0.1, 0.15) is 33.1 Å². The number of aromatic nitrogens is 4. The molecule has 0 saturated heterocycles. The Morgan fingerprint density at radius 2 is 2.26 bits per heavy atom. The number of thioether (sulfide) groups is 1. The summed E-state index contributed by atoms with van der Waals surface area (Å²) in [6, 6.07) is 2.27. The first-order valence-electron chi connectivity index (χ1n) is 5.96. The fourth-order valence-electron chi connectivity index (χ4n) is 1.42. The second-order valence-electron chi connectivity index (χ2n) is 4.81. The molecule has 0 unspecified atom stereocenters. The second-order valence-corrected chi connectivity index (χ2v) is 5.88. The first-order valence-corrected chi connectivity index (χ1v) is 6.95. The van der Waals surface area contributed by atoms with E-state index in [1.807, 2.05) is 13.8 Å². The van der Waals surface area contributed by atoms with Gasteiger partial charge in [-0.15, -0.1) is 5.10 Å². The van der Waals surface area contributed by atoms with Crippen molar-refractivity contribution in [3.63, 3.8) is 0 Å². The molecular weight excluding hydrogens is 266 g/mol. The summed E-state index contributed by atoms with van der Waals surface area (Å²) in [6.07, 6.45) is 2.74. The predicted molar refractivity (Wildman–Crippen MR) is 69.4 cm³/mol. The highest BCUT2D eigenvalue weighted by Crippen LogP contribution is 2.23. The van der Waals surface area contributed by atoms with Gasteiger partial charge in [0.15, 0.2) is 0 Å². The van der Waals surface area contributed by atoms with E-state index in [4.69, 9.17) is 10.4 Å². The van der Waals surface area contributed by atoms with Gasteiger partial charge in [0.25, 0.3) is 0 Å². The zero-order chi connectivity index (χ0) is 14.3. The molecule has 0 spiro atoms. The van der Waals surface area contributed by atoms with Crippen molar-refractivity contribution >= 4 is 17.7 Å². The van der Waals surface area contributed by atoms with Gasteiger partial charge in [0.2, 0.25) is 5.16 Å². The van der Waals surface area contributed by atoms with Crippen LogP contribution in [0.15, 0.2) is 5.16 Å². The van der Waals surface area contributed by atoms with Crippen LogP contribution >= 0.6 is 11.8 Å². The number of aliphatic carboxylic acids is 1. The fraction of sp³-hybridized carbons (Fsp3) is 0.727. The Labute approximate surface area is 116 Å². The first-order chi connectivity index (χ1) is 8.94. The molecule has 0 aliphatic rings. The van der Waals surface area contributed by atoms with Crippen LogP contribution in [0.2, 0.25) is 0 Å². The molecule has 0 aliphatic heterocycles. The molecular formula is C11H17N5O2S. The minimum atomic E-state index is -0.968. The summed E-state index contributed by atoms with van der Waals surface area (Å²) in [4.78, 5) is 10.6. The zero-order valence-electron chi connectivity index (χ0n) is 11.0. The van der Waals surface area contributed by atoms with Gasteiger partial charge in [-0.2, -0.15) is 5.26 Å². The fourth-order valence-corrected chi connectivity index (χ4v) is 2.29. The summed E-state index contributed by atoms with van der Waals surface area (Å²) in [6.45, 7) is 3.62. The van der Waals surface area contributed by atoms with Gasteiger partial charge >= 0.3 is 5.97 Å². The van der Waals surface area contributed by atoms with E-state index in [2.05, 4.69) is 21.6 Å². The molecule has 104 valence electrons. The largest absolute Gasteiger partial charge is 0.480 e. The molecule has 19 heavy (non-hydrogen) atoms. The number of rotatable bonds is 8. The molecule has 1 rings (SSSR count). The third-order valence-electron chi connectivity index (χ3n) is 2.51. The Bertz CT molecular complexity index is 466. The molecule has 1 N–H and O–H groups in total. The van der Waals surface area contributed by atoms with Gasteiger partial charge in [0, 0.05) is 5.75 Å². The van der Waals surface area contributed by atoms with Crippen LogP contribution in [0.3, 0.4) is 0 Å². The van der Waals surface area contributed by atoms with Gasteiger partial charge in [-0.05, 0) is 37.1 Å². The highest BCUT2D eigenvalue weighted by molar-refractivity contribution is 7.99. The van der Waals surface area contributed by atoms with Gasteiger partial charge in [-0.25, -0.2) is 4.68 Å². The predicted octanol–water partition coefficient (Wildman–Crippen LogP) is 1.57. The molecule has 1 aromatic heterocycles. The Hall–Kier alpha value is -1.62. The van der Waals surface area contributed by atoms with E-state index >= 15 is 0 Å². The Kier molecular flexibility index (Phi) is 5.76. The zero-order valence-corrected chi connectivity index (χ0v) is 11.9. The van der Waals surface area contributed by atoms with E-state index in [0.717, 1.165) is 25.0 Å². The average molecular weight is 283 g/mol. The number of nitriles is 1. The topological polar surface area (TPSA) is 105 Å². The number of tetrazole rings is 1. The minimum Gasteiger partial charge on any atom is -0.480 e. The lowest BCUT2D eigenvalue weighted by atomic mass is 9.89. The molecule has 0 aliphatic carbocycles. The molecule has 1 aromatic rings. The third kappa shape index (κ3) is 5.70. The molecule has 0 atom stereocenters. The number of hydrogen-bond donors (Lipinski definition) is 1. The molecule has 8 heteroatoms. The number of nitrogens with zero attached hydrogens (tertiary/aromatic N) is 5. The lowest BCUT2D eigenvalue weighted by Crippen LogP contribution is -2.11. The van der Waals surface area contributed by atoms with Gasteiger partial charge in [-0.1, -0.05) is 18.2 Å². The lowest BCUT2D eigenvalue weighted by molar-refractivity contribution is -0.138. The van der Waals surface area contributed by atoms with E-state index in [0.29, 0.717) is 5.16 Å². The molecule has 0 amide bonds. The lowest BCUT2D eigenvalue weighted by Gasteiger charge is -2.13. The van der Waals surface area contributed by atoms with Crippen LogP contribution in [0.4, 0.5) is 0 Å². The standard InChI is InChI=1S/C11H17N5O2S/c1-11(2,8-12)5-3-4-6-19-10-13-14-15-16(10)7-9(17)18/h3-7H2,1-2H3,(H,17,18). The molecule has 0 radical (unpaired) electrons. The van der Waals surface area contributed by atoms with Gasteiger partial charge in [-0.3, -0.25) is 4.79 Å². The SMILES string of the molecule is CC(C)(C#N)CCCCSc1nnnn1CC(=O)O. The monoisotopic (exact) mass is 283 g/mol. The third-order valence-corrected chi connectivity index (χ3v) is 3.56. The van der Waals surface area contributed by atoms with Crippen molar-refractivity contribution in [3.8, 4) is 6.07 Å². The number of carbonyl (C=O) groups is 1. The van der Waals surface area contributed by atoms with E-state index in [-0.39, 0.29) is 12.0 Å². The quantitative estimate of drug-likeness (QED) is 0.570. The Morgan fingerprint density at radius 3 is 2.89 bits per heavy atom. The van der Waals surface area contributed by atoms with Crippen molar-refractivity contribution in [2.45, 2.75) is 44.8 Å². The Balaban J connectivity index is 2.29. The highest BCUT2D eigenvalue weighted by atomic mass is 32.2. The number of hydrogen-bond acceptors (Lipinski definition) is 6. The van der Waals surface area contributed by atoms with Crippen molar-refractivity contribution in [1.29, 1.82) is 5.26 Å². The maximum absolute atomic E-state index is 10.6. The van der Waals surface area contributed by atoms with E-state index in [1.54, 1.807) is 0 Å². The molecule has 0 saturated carbocycles. The molecule has 0 fully saturated rings. The van der Waals surface area contributed by atoms with Crippen LogP contribution in [0, 0.1) is 16.7 Å². The first kappa shape index (κ1) is 15.4. The van der Waals surface area contributed by atoms with E-state index in [1.165, 1.54) is 16.4 Å². The molecule has 1 heterocycles. The van der Waals surface area contributed by atoms with Crippen LogP contribution < -0.4 is 0 Å². The van der Waals surface area contributed by atoms with Crippen LogP contribution in [0.5, 0.6) is 0 Å². The van der Waals surface area contributed by atoms with Crippen LogP contribution in [-0.4, -0.2) is 37.0 Å². The van der Waals surface area contributed by atoms with E-state index in [9.17, 15) is 4.79 Å². The minimum absolute atomic E-state index is 0.225. The molecule has 7 nitrogen and oxygen atoms in total. The van der Waals surface area contributed by atoms with Crippen molar-refractivity contribution in [2.75, 3.05) is 5.75 Å². The van der Waals surface area contributed by atoms with Crippen molar-refractivity contribution in [3.05, 3.63) is 0 Å². The summed E-state index contributed by atoms with van der Waals surface area (Å²) >= 11 is 1.43. The smallest absolute Gasteiger partial charge is 0.325 e. The molecule has 0 aromatic carbocycles. The maximum Gasteiger partial charge on any atom is 0.325 e. The van der Waals surface area contributed by atoms with E-state index < -0.39 is 5.97 Å². The summed E-state index contributed by atoms with van der Waals surface area (Å²) in [5.74, 6) is -0.161. The number of carboxylic acids is 1. The van der Waals surface area contributed by atoms with Gasteiger partial charge < -0.3 is 5.11 Å². The van der Waals surface area contributed by atoms with Crippen LogP contribution in [0.25, 0.3) is 0 Å². The second kappa shape index (κ2) is 7.09.